The molecule has 0 amide bonds. The summed E-state index contributed by atoms with van der Waals surface area (Å²) in [5.74, 6) is 0. The summed E-state index contributed by atoms with van der Waals surface area (Å²) in [5.41, 5.74) is 0. The smallest absolute Gasteiger partial charge is 0.0163 e. The molecule has 0 rings (SSSR count). The predicted octanol–water partition coefficient (Wildman–Crippen LogP) is 2.67. The van der Waals surface area contributed by atoms with E-state index in [4.69, 9.17) is 0 Å². The lowest BCUT2D eigenvalue weighted by molar-refractivity contribution is 0.247. The normalized spacial score (nSPS) is 11.0. The Labute approximate surface area is 78.6 Å². The molecule has 0 aromatic heterocycles. The first-order valence-corrected chi connectivity index (χ1v) is 5.25. The van der Waals surface area contributed by atoms with Gasteiger partial charge in [-0.15, -0.1) is 6.58 Å². The molecule has 0 aliphatic rings. The molecule has 0 aromatic rings. The van der Waals surface area contributed by atoms with Crippen molar-refractivity contribution in [2.45, 2.75) is 26.3 Å². The van der Waals surface area contributed by atoms with Gasteiger partial charge in [0.1, 0.15) is 0 Å². The quantitative estimate of drug-likeness (QED) is 0.491. The van der Waals surface area contributed by atoms with Crippen LogP contribution in [0.15, 0.2) is 12.7 Å². The van der Waals surface area contributed by atoms with E-state index in [1.807, 2.05) is 6.08 Å². The van der Waals surface area contributed by atoms with Crippen molar-refractivity contribution in [2.24, 2.45) is 0 Å². The van der Waals surface area contributed by atoms with Gasteiger partial charge in [0.15, 0.2) is 0 Å². The van der Waals surface area contributed by atoms with Gasteiger partial charge < -0.3 is 0 Å². The molecule has 0 bridgehead atoms. The van der Waals surface area contributed by atoms with E-state index < -0.39 is 0 Å². The van der Waals surface area contributed by atoms with Crippen LogP contribution in [0, 0.1) is 0 Å². The SMILES string of the molecule is C=CCN(CCCBr)C(C)C. The Morgan fingerprint density at radius 2 is 2.18 bits per heavy atom. The molecule has 0 radical (unpaired) electrons. The van der Waals surface area contributed by atoms with E-state index in [1.54, 1.807) is 0 Å². The summed E-state index contributed by atoms with van der Waals surface area (Å²) < 4.78 is 0. The lowest BCUT2D eigenvalue weighted by Crippen LogP contribution is -2.32. The first kappa shape index (κ1) is 11.2. The minimum absolute atomic E-state index is 0.632. The van der Waals surface area contributed by atoms with Gasteiger partial charge in [0, 0.05) is 17.9 Å². The molecule has 2 heteroatoms. The Bertz CT molecular complexity index is 102. The molecule has 0 fully saturated rings. The van der Waals surface area contributed by atoms with Crippen LogP contribution in [-0.4, -0.2) is 29.4 Å². The lowest BCUT2D eigenvalue weighted by Gasteiger charge is -2.24. The Morgan fingerprint density at radius 1 is 1.55 bits per heavy atom. The van der Waals surface area contributed by atoms with Gasteiger partial charge >= 0.3 is 0 Å². The summed E-state index contributed by atoms with van der Waals surface area (Å²) in [6.45, 7) is 10.3. The van der Waals surface area contributed by atoms with E-state index in [1.165, 1.54) is 6.42 Å². The molecule has 0 aliphatic heterocycles. The van der Waals surface area contributed by atoms with Gasteiger partial charge in [0.2, 0.25) is 0 Å². The maximum Gasteiger partial charge on any atom is 0.0163 e. The van der Waals surface area contributed by atoms with Crippen molar-refractivity contribution < 1.29 is 0 Å². The van der Waals surface area contributed by atoms with Crippen LogP contribution in [0.2, 0.25) is 0 Å². The highest BCUT2D eigenvalue weighted by molar-refractivity contribution is 9.09. The van der Waals surface area contributed by atoms with E-state index in [-0.39, 0.29) is 0 Å². The fourth-order valence-corrected chi connectivity index (χ4v) is 1.24. The van der Waals surface area contributed by atoms with Crippen LogP contribution < -0.4 is 0 Å². The zero-order chi connectivity index (χ0) is 8.69. The van der Waals surface area contributed by atoms with Crippen LogP contribution in [0.4, 0.5) is 0 Å². The van der Waals surface area contributed by atoms with Crippen LogP contribution in [0.5, 0.6) is 0 Å². The molecule has 11 heavy (non-hydrogen) atoms. The maximum atomic E-state index is 3.74. The fraction of sp³-hybridized carbons (Fsp3) is 0.778. The third-order valence-corrected chi connectivity index (χ3v) is 2.23. The highest BCUT2D eigenvalue weighted by Crippen LogP contribution is 2.00. The molecule has 0 aliphatic carbocycles. The summed E-state index contributed by atoms with van der Waals surface area (Å²) in [6.07, 6.45) is 3.18. The minimum Gasteiger partial charge on any atom is -0.297 e. The first-order valence-electron chi connectivity index (χ1n) is 4.13. The Kier molecular flexibility index (Phi) is 6.98. The second-order valence-corrected chi connectivity index (χ2v) is 3.71. The van der Waals surface area contributed by atoms with Gasteiger partial charge in [-0.3, -0.25) is 4.90 Å². The van der Waals surface area contributed by atoms with Crippen LogP contribution in [-0.2, 0) is 0 Å². The van der Waals surface area contributed by atoms with E-state index >= 15 is 0 Å². The number of hydrogen-bond donors (Lipinski definition) is 0. The lowest BCUT2D eigenvalue weighted by atomic mass is 10.3. The molecule has 0 heterocycles. The summed E-state index contributed by atoms with van der Waals surface area (Å²) in [4.78, 5) is 2.41. The summed E-state index contributed by atoms with van der Waals surface area (Å²) >= 11 is 3.43. The first-order chi connectivity index (χ1) is 5.22. The van der Waals surface area contributed by atoms with Crippen LogP contribution in [0.1, 0.15) is 20.3 Å². The molecule has 0 saturated heterocycles. The molecular weight excluding hydrogens is 202 g/mol. The van der Waals surface area contributed by atoms with Crippen molar-refractivity contribution in [1.82, 2.24) is 4.90 Å². The highest BCUT2D eigenvalue weighted by Gasteiger charge is 2.05. The van der Waals surface area contributed by atoms with E-state index in [0.717, 1.165) is 18.4 Å². The predicted molar refractivity (Wildman–Crippen MR) is 55.3 cm³/mol. The molecule has 0 spiro atoms. The molecule has 66 valence electrons. The van der Waals surface area contributed by atoms with Crippen molar-refractivity contribution in [2.75, 3.05) is 18.4 Å². The molecule has 0 atom stereocenters. The van der Waals surface area contributed by atoms with Crippen molar-refractivity contribution in [3.63, 3.8) is 0 Å². The summed E-state index contributed by atoms with van der Waals surface area (Å²) in [5, 5.41) is 1.09. The van der Waals surface area contributed by atoms with Gasteiger partial charge in [0.25, 0.3) is 0 Å². The zero-order valence-corrected chi connectivity index (χ0v) is 9.10. The van der Waals surface area contributed by atoms with Crippen LogP contribution >= 0.6 is 15.9 Å². The van der Waals surface area contributed by atoms with Gasteiger partial charge in [-0.2, -0.15) is 0 Å². The third-order valence-electron chi connectivity index (χ3n) is 1.67. The number of hydrogen-bond acceptors (Lipinski definition) is 1. The van der Waals surface area contributed by atoms with E-state index in [0.29, 0.717) is 6.04 Å². The van der Waals surface area contributed by atoms with Gasteiger partial charge in [-0.05, 0) is 26.8 Å². The topological polar surface area (TPSA) is 3.24 Å². The molecule has 0 aromatic carbocycles. The maximum absolute atomic E-state index is 3.74. The summed E-state index contributed by atoms with van der Waals surface area (Å²) in [7, 11) is 0. The van der Waals surface area contributed by atoms with Gasteiger partial charge in [-0.1, -0.05) is 22.0 Å². The highest BCUT2D eigenvalue weighted by atomic mass is 79.9. The average molecular weight is 220 g/mol. The monoisotopic (exact) mass is 219 g/mol. The van der Waals surface area contributed by atoms with Crippen molar-refractivity contribution in [1.29, 1.82) is 0 Å². The largest absolute Gasteiger partial charge is 0.297 e. The van der Waals surface area contributed by atoms with E-state index in [9.17, 15) is 0 Å². The second-order valence-electron chi connectivity index (χ2n) is 2.92. The van der Waals surface area contributed by atoms with Gasteiger partial charge in [-0.25, -0.2) is 0 Å². The van der Waals surface area contributed by atoms with E-state index in [2.05, 4.69) is 41.3 Å². The van der Waals surface area contributed by atoms with Crippen LogP contribution in [0.25, 0.3) is 0 Å². The summed E-state index contributed by atoms with van der Waals surface area (Å²) in [6, 6.07) is 0.632. The molecule has 0 saturated carbocycles. The number of alkyl halides is 1. The molecule has 0 unspecified atom stereocenters. The molecular formula is C9H18BrN. The van der Waals surface area contributed by atoms with Crippen molar-refractivity contribution in [3.8, 4) is 0 Å². The number of nitrogens with zero attached hydrogens (tertiary/aromatic N) is 1. The Hall–Kier alpha value is 0.180. The third kappa shape index (κ3) is 5.45. The van der Waals surface area contributed by atoms with Crippen LogP contribution in [0.3, 0.4) is 0 Å². The van der Waals surface area contributed by atoms with Gasteiger partial charge in [0.05, 0.1) is 0 Å². The number of halogens is 1. The molecule has 1 nitrogen and oxygen atoms in total. The average Bonchev–Trinajstić information content (AvgIpc) is 1.97. The zero-order valence-electron chi connectivity index (χ0n) is 7.52. The molecule has 0 N–H and O–H groups in total. The standard InChI is InChI=1S/C9H18BrN/c1-4-7-11(9(2)3)8-5-6-10/h4,9H,1,5-8H2,2-3H3. The fourth-order valence-electron chi connectivity index (χ4n) is 0.989. The minimum atomic E-state index is 0.632. The second kappa shape index (κ2) is 6.86. The van der Waals surface area contributed by atoms with Crippen molar-refractivity contribution >= 4 is 15.9 Å². The Balaban J connectivity index is 3.59. The number of rotatable bonds is 6. The Morgan fingerprint density at radius 3 is 2.55 bits per heavy atom. The van der Waals surface area contributed by atoms with Crippen molar-refractivity contribution in [3.05, 3.63) is 12.7 Å².